The van der Waals surface area contributed by atoms with E-state index in [0.717, 1.165) is 57.7 Å². The highest BCUT2D eigenvalue weighted by Crippen LogP contribution is 2.41. The maximum Gasteiger partial charge on any atom is 0.223 e. The van der Waals surface area contributed by atoms with Gasteiger partial charge < -0.3 is 4.90 Å². The summed E-state index contributed by atoms with van der Waals surface area (Å²) in [5.74, 6) is 0.351. The summed E-state index contributed by atoms with van der Waals surface area (Å²) >= 11 is 0. The molecule has 2 aliphatic heterocycles. The Morgan fingerprint density at radius 1 is 1.12 bits per heavy atom. The van der Waals surface area contributed by atoms with Crippen LogP contribution in [0, 0.1) is 5.41 Å². The Morgan fingerprint density at radius 3 is 2.65 bits per heavy atom. The lowest BCUT2D eigenvalue weighted by Crippen LogP contribution is -2.41. The molecule has 0 atom stereocenters. The number of carbonyl (C=O) groups is 1. The smallest absolute Gasteiger partial charge is 0.223 e. The lowest BCUT2D eigenvalue weighted by Gasteiger charge is -2.38. The zero-order chi connectivity index (χ0) is 18.0. The number of aromatic nitrogens is 1. The summed E-state index contributed by atoms with van der Waals surface area (Å²) in [5.41, 5.74) is 3.77. The standard InChI is InChI=1S/C22H27N3O/c1-2-25-17-22(15-21(25)26)9-12-24(13-10-22)16-18-6-5-7-19(14-18)20-8-3-4-11-23-20/h3-8,11,14H,2,9-10,12-13,15-17H2,1H3. The molecule has 1 aromatic heterocycles. The third-order valence-electron chi connectivity index (χ3n) is 6.00. The predicted molar refractivity (Wildman–Crippen MR) is 103 cm³/mol. The largest absolute Gasteiger partial charge is 0.342 e. The van der Waals surface area contributed by atoms with E-state index in [9.17, 15) is 4.79 Å². The van der Waals surface area contributed by atoms with E-state index in [4.69, 9.17) is 0 Å². The molecule has 2 saturated heterocycles. The van der Waals surface area contributed by atoms with Crippen LogP contribution in [-0.2, 0) is 11.3 Å². The number of hydrogen-bond donors (Lipinski definition) is 0. The third-order valence-corrected chi connectivity index (χ3v) is 6.00. The van der Waals surface area contributed by atoms with Crippen LogP contribution in [0.1, 0.15) is 31.7 Å². The fraction of sp³-hybridized carbons (Fsp3) is 0.455. The first kappa shape index (κ1) is 17.2. The van der Waals surface area contributed by atoms with Crippen LogP contribution in [-0.4, -0.2) is 46.9 Å². The Bertz CT molecular complexity index is 766. The normalized spacial score (nSPS) is 20.0. The van der Waals surface area contributed by atoms with Gasteiger partial charge in [0.15, 0.2) is 0 Å². The summed E-state index contributed by atoms with van der Waals surface area (Å²) < 4.78 is 0. The highest BCUT2D eigenvalue weighted by Gasteiger charge is 2.44. The van der Waals surface area contributed by atoms with Gasteiger partial charge >= 0.3 is 0 Å². The summed E-state index contributed by atoms with van der Waals surface area (Å²) in [6.45, 7) is 7.04. The van der Waals surface area contributed by atoms with Gasteiger partial charge in [-0.15, -0.1) is 0 Å². The van der Waals surface area contributed by atoms with Crippen LogP contribution in [0.25, 0.3) is 11.3 Å². The molecule has 4 nitrogen and oxygen atoms in total. The van der Waals surface area contributed by atoms with Crippen LogP contribution in [0.5, 0.6) is 0 Å². The lowest BCUT2D eigenvalue weighted by molar-refractivity contribution is -0.127. The number of benzene rings is 1. The van der Waals surface area contributed by atoms with E-state index >= 15 is 0 Å². The molecule has 26 heavy (non-hydrogen) atoms. The van der Waals surface area contributed by atoms with Crippen molar-refractivity contribution in [1.82, 2.24) is 14.8 Å². The van der Waals surface area contributed by atoms with Crippen LogP contribution in [0.15, 0.2) is 48.7 Å². The van der Waals surface area contributed by atoms with E-state index in [2.05, 4.69) is 47.1 Å². The molecule has 0 aliphatic carbocycles. The van der Waals surface area contributed by atoms with Crippen molar-refractivity contribution in [3.8, 4) is 11.3 Å². The Morgan fingerprint density at radius 2 is 1.96 bits per heavy atom. The monoisotopic (exact) mass is 349 g/mol. The van der Waals surface area contributed by atoms with Crippen molar-refractivity contribution in [2.45, 2.75) is 32.7 Å². The van der Waals surface area contributed by atoms with Crippen LogP contribution in [0.3, 0.4) is 0 Å². The average Bonchev–Trinajstić information content (AvgIpc) is 3.00. The van der Waals surface area contributed by atoms with Crippen molar-refractivity contribution < 1.29 is 4.79 Å². The first-order valence-electron chi connectivity index (χ1n) is 9.68. The highest BCUT2D eigenvalue weighted by atomic mass is 16.2. The van der Waals surface area contributed by atoms with Gasteiger partial charge in [0.25, 0.3) is 0 Å². The molecular weight excluding hydrogens is 322 g/mol. The van der Waals surface area contributed by atoms with Gasteiger partial charge in [0.1, 0.15) is 0 Å². The molecule has 2 aromatic rings. The number of likely N-dealkylation sites (tertiary alicyclic amines) is 2. The first-order valence-corrected chi connectivity index (χ1v) is 9.68. The second kappa shape index (κ2) is 7.20. The molecule has 4 rings (SSSR count). The average molecular weight is 349 g/mol. The zero-order valence-electron chi connectivity index (χ0n) is 15.5. The first-order chi connectivity index (χ1) is 12.7. The second-order valence-electron chi connectivity index (χ2n) is 7.78. The molecule has 0 radical (unpaired) electrons. The molecule has 136 valence electrons. The molecule has 4 heteroatoms. The molecule has 1 aromatic carbocycles. The molecule has 0 bridgehead atoms. The van der Waals surface area contributed by atoms with Crippen molar-refractivity contribution >= 4 is 5.91 Å². The van der Waals surface area contributed by atoms with Crippen LogP contribution in [0.2, 0.25) is 0 Å². The van der Waals surface area contributed by atoms with Gasteiger partial charge in [0.2, 0.25) is 5.91 Å². The van der Waals surface area contributed by atoms with E-state index < -0.39 is 0 Å². The van der Waals surface area contributed by atoms with Crippen molar-refractivity contribution in [1.29, 1.82) is 0 Å². The van der Waals surface area contributed by atoms with Crippen LogP contribution >= 0.6 is 0 Å². The second-order valence-corrected chi connectivity index (χ2v) is 7.78. The van der Waals surface area contributed by atoms with Crippen LogP contribution < -0.4 is 0 Å². The number of carbonyl (C=O) groups excluding carboxylic acids is 1. The van der Waals surface area contributed by atoms with Crippen molar-refractivity contribution in [2.24, 2.45) is 5.41 Å². The maximum absolute atomic E-state index is 12.1. The summed E-state index contributed by atoms with van der Waals surface area (Å²) in [4.78, 5) is 21.2. The van der Waals surface area contributed by atoms with Crippen molar-refractivity contribution in [3.63, 3.8) is 0 Å². The highest BCUT2D eigenvalue weighted by molar-refractivity contribution is 5.79. The van der Waals surface area contributed by atoms with Crippen LogP contribution in [0.4, 0.5) is 0 Å². The van der Waals surface area contributed by atoms with Gasteiger partial charge in [-0.25, -0.2) is 0 Å². The Hall–Kier alpha value is -2.20. The summed E-state index contributed by atoms with van der Waals surface area (Å²) in [6.07, 6.45) is 4.86. The van der Waals surface area contributed by atoms with Gasteiger partial charge in [-0.2, -0.15) is 0 Å². The molecule has 2 aliphatic rings. The van der Waals surface area contributed by atoms with Gasteiger partial charge in [-0.3, -0.25) is 14.7 Å². The molecule has 1 spiro atoms. The fourth-order valence-corrected chi connectivity index (χ4v) is 4.41. The van der Waals surface area contributed by atoms with Gasteiger partial charge in [-0.05, 0) is 62.0 Å². The number of pyridine rings is 1. The Labute approximate surface area is 155 Å². The molecule has 1 amide bonds. The number of amides is 1. The topological polar surface area (TPSA) is 36.4 Å². The van der Waals surface area contributed by atoms with E-state index in [0.29, 0.717) is 5.91 Å². The summed E-state index contributed by atoms with van der Waals surface area (Å²) in [6, 6.07) is 14.7. The zero-order valence-corrected chi connectivity index (χ0v) is 15.5. The molecule has 0 saturated carbocycles. The number of hydrogen-bond acceptors (Lipinski definition) is 3. The minimum atomic E-state index is 0.236. The molecular formula is C22H27N3O. The summed E-state index contributed by atoms with van der Waals surface area (Å²) in [5, 5.41) is 0. The van der Waals surface area contributed by atoms with E-state index in [-0.39, 0.29) is 5.41 Å². The van der Waals surface area contributed by atoms with Crippen molar-refractivity contribution in [3.05, 3.63) is 54.2 Å². The van der Waals surface area contributed by atoms with E-state index in [1.807, 2.05) is 23.2 Å². The number of nitrogens with zero attached hydrogens (tertiary/aromatic N) is 3. The number of rotatable bonds is 4. The number of piperidine rings is 1. The van der Waals surface area contributed by atoms with Crippen molar-refractivity contribution in [2.75, 3.05) is 26.2 Å². The summed E-state index contributed by atoms with van der Waals surface area (Å²) in [7, 11) is 0. The predicted octanol–water partition coefficient (Wildman–Crippen LogP) is 3.58. The van der Waals surface area contributed by atoms with E-state index in [1.54, 1.807) is 0 Å². The minimum Gasteiger partial charge on any atom is -0.342 e. The SMILES string of the molecule is CCN1CC2(CCN(Cc3cccc(-c4ccccn4)c3)CC2)CC1=O. The Balaban J connectivity index is 1.39. The third kappa shape index (κ3) is 3.51. The lowest BCUT2D eigenvalue weighted by atomic mass is 9.77. The Kier molecular flexibility index (Phi) is 4.77. The minimum absolute atomic E-state index is 0.236. The van der Waals surface area contributed by atoms with Gasteiger partial charge in [0.05, 0.1) is 5.69 Å². The van der Waals surface area contributed by atoms with Gasteiger partial charge in [0, 0.05) is 37.8 Å². The maximum atomic E-state index is 12.1. The quantitative estimate of drug-likeness (QED) is 0.846. The fourth-order valence-electron chi connectivity index (χ4n) is 4.41. The molecule has 0 unspecified atom stereocenters. The van der Waals surface area contributed by atoms with Gasteiger partial charge in [-0.1, -0.05) is 24.3 Å². The molecule has 3 heterocycles. The molecule has 0 N–H and O–H groups in total. The molecule has 2 fully saturated rings. The van der Waals surface area contributed by atoms with E-state index in [1.165, 1.54) is 11.1 Å².